The minimum absolute atomic E-state index is 0.265. The number of hydrogen-bond donors (Lipinski definition) is 3. The minimum Gasteiger partial charge on any atom is -0.463 e. The van der Waals surface area contributed by atoms with Crippen molar-refractivity contribution in [2.45, 2.75) is 33.8 Å². The van der Waals surface area contributed by atoms with Crippen LogP contribution < -0.4 is 10.6 Å². The molecule has 0 amide bonds. The van der Waals surface area contributed by atoms with Gasteiger partial charge in [-0.05, 0) is 27.7 Å². The van der Waals surface area contributed by atoms with Gasteiger partial charge in [-0.2, -0.15) is 0 Å². The van der Waals surface area contributed by atoms with E-state index in [1.165, 1.54) is 12.2 Å². The highest BCUT2D eigenvalue weighted by Gasteiger charge is 2.05. The predicted molar refractivity (Wildman–Crippen MR) is 82.8 cm³/mol. The monoisotopic (exact) mass is 314 g/mol. The average Bonchev–Trinajstić information content (AvgIpc) is 2.43. The van der Waals surface area contributed by atoms with Crippen LogP contribution in [-0.2, 0) is 19.1 Å². The third kappa shape index (κ3) is 10.7. The van der Waals surface area contributed by atoms with Crippen molar-refractivity contribution in [2.24, 2.45) is 0 Å². The molecule has 0 aliphatic rings. The van der Waals surface area contributed by atoms with Crippen molar-refractivity contribution in [3.63, 3.8) is 0 Å². The SMILES string of the molecule is CCOC(=O)/C=C(\C)NCC(O)CN/C(C)=C/C(=O)OCC. The average molecular weight is 314 g/mol. The third-order valence-corrected chi connectivity index (χ3v) is 2.47. The number of allylic oxidation sites excluding steroid dienone is 2. The van der Waals surface area contributed by atoms with Crippen LogP contribution in [0.5, 0.6) is 0 Å². The van der Waals surface area contributed by atoms with Crippen LogP contribution in [0.2, 0.25) is 0 Å². The molecule has 0 spiro atoms. The molecule has 0 aromatic carbocycles. The molecular weight excluding hydrogens is 288 g/mol. The van der Waals surface area contributed by atoms with Crippen molar-refractivity contribution < 1.29 is 24.2 Å². The van der Waals surface area contributed by atoms with Gasteiger partial charge in [-0.15, -0.1) is 0 Å². The van der Waals surface area contributed by atoms with Crippen molar-refractivity contribution in [3.05, 3.63) is 23.5 Å². The summed E-state index contributed by atoms with van der Waals surface area (Å²) in [4.78, 5) is 22.4. The standard InChI is InChI=1S/C15H26N2O5/c1-5-21-14(19)7-11(3)16-9-13(18)10-17-12(4)8-15(20)22-6-2/h7-8,13,16-18H,5-6,9-10H2,1-4H3/b11-7+,12-8+. The summed E-state index contributed by atoms with van der Waals surface area (Å²) in [5.41, 5.74) is 1.22. The molecule has 7 heteroatoms. The number of rotatable bonds is 10. The number of aliphatic hydroxyl groups excluding tert-OH is 1. The topological polar surface area (TPSA) is 96.9 Å². The van der Waals surface area contributed by atoms with Gasteiger partial charge in [0.05, 0.1) is 19.3 Å². The molecule has 0 saturated carbocycles. The van der Waals surface area contributed by atoms with Gasteiger partial charge in [0, 0.05) is 36.6 Å². The third-order valence-electron chi connectivity index (χ3n) is 2.47. The van der Waals surface area contributed by atoms with E-state index in [0.717, 1.165) is 0 Å². The van der Waals surface area contributed by atoms with Gasteiger partial charge in [-0.25, -0.2) is 9.59 Å². The summed E-state index contributed by atoms with van der Waals surface area (Å²) in [5.74, 6) is -0.846. The van der Waals surface area contributed by atoms with Gasteiger partial charge in [0.25, 0.3) is 0 Å². The zero-order valence-corrected chi connectivity index (χ0v) is 13.6. The molecule has 0 radical (unpaired) electrons. The summed E-state index contributed by atoms with van der Waals surface area (Å²) in [7, 11) is 0. The molecule has 22 heavy (non-hydrogen) atoms. The summed E-state index contributed by atoms with van der Waals surface area (Å²) in [6, 6.07) is 0. The van der Waals surface area contributed by atoms with Crippen LogP contribution in [-0.4, -0.2) is 49.5 Å². The Balaban J connectivity index is 4.06. The van der Waals surface area contributed by atoms with E-state index in [0.29, 0.717) is 24.6 Å². The molecule has 7 nitrogen and oxygen atoms in total. The van der Waals surface area contributed by atoms with Crippen LogP contribution >= 0.6 is 0 Å². The number of carbonyl (C=O) groups excluding carboxylic acids is 2. The number of esters is 2. The second-order valence-electron chi connectivity index (χ2n) is 4.57. The number of ether oxygens (including phenoxy) is 2. The lowest BCUT2D eigenvalue weighted by Crippen LogP contribution is -2.34. The predicted octanol–water partition coefficient (Wildman–Crippen LogP) is 0.460. The maximum absolute atomic E-state index is 11.2. The second-order valence-corrected chi connectivity index (χ2v) is 4.57. The lowest BCUT2D eigenvalue weighted by Gasteiger charge is -2.14. The van der Waals surface area contributed by atoms with Crippen LogP contribution in [0.15, 0.2) is 23.5 Å². The Hall–Kier alpha value is -2.02. The van der Waals surface area contributed by atoms with Gasteiger partial charge in [0.15, 0.2) is 0 Å². The van der Waals surface area contributed by atoms with Gasteiger partial charge in [-0.1, -0.05) is 0 Å². The van der Waals surface area contributed by atoms with E-state index < -0.39 is 18.0 Å². The second kappa shape index (κ2) is 11.6. The molecule has 0 rings (SSSR count). The number of hydrogen-bond acceptors (Lipinski definition) is 7. The molecule has 0 aliphatic heterocycles. The van der Waals surface area contributed by atoms with Crippen molar-refractivity contribution in [1.82, 2.24) is 10.6 Å². The Morgan fingerprint density at radius 3 is 1.64 bits per heavy atom. The van der Waals surface area contributed by atoms with E-state index in [4.69, 9.17) is 9.47 Å². The molecule has 0 aromatic heterocycles. The summed E-state index contributed by atoms with van der Waals surface area (Å²) in [6.45, 7) is 8.06. The fourth-order valence-electron chi connectivity index (χ4n) is 1.45. The maximum atomic E-state index is 11.2. The fraction of sp³-hybridized carbons (Fsp3) is 0.600. The zero-order valence-electron chi connectivity index (χ0n) is 13.6. The Kier molecular flexibility index (Phi) is 10.6. The molecule has 126 valence electrons. The van der Waals surface area contributed by atoms with Crippen LogP contribution in [0.1, 0.15) is 27.7 Å². The Morgan fingerprint density at radius 2 is 1.32 bits per heavy atom. The first-order valence-electron chi connectivity index (χ1n) is 7.24. The highest BCUT2D eigenvalue weighted by molar-refractivity contribution is 5.82. The molecule has 0 saturated heterocycles. The van der Waals surface area contributed by atoms with E-state index in [2.05, 4.69) is 10.6 Å². The van der Waals surface area contributed by atoms with E-state index >= 15 is 0 Å². The fourth-order valence-corrected chi connectivity index (χ4v) is 1.45. The van der Waals surface area contributed by atoms with Crippen LogP contribution in [0.4, 0.5) is 0 Å². The first-order valence-corrected chi connectivity index (χ1v) is 7.24. The summed E-state index contributed by atoms with van der Waals surface area (Å²) in [6.07, 6.45) is 1.97. The maximum Gasteiger partial charge on any atom is 0.332 e. The van der Waals surface area contributed by atoms with E-state index in [9.17, 15) is 14.7 Å². The molecule has 0 unspecified atom stereocenters. The highest BCUT2D eigenvalue weighted by atomic mass is 16.5. The normalized spacial score (nSPS) is 13.3. The number of nitrogens with one attached hydrogen (secondary N) is 2. The molecule has 0 heterocycles. The Bertz CT molecular complexity index is 380. The summed E-state index contributed by atoms with van der Waals surface area (Å²) >= 11 is 0. The molecule has 0 fully saturated rings. The molecule has 0 atom stereocenters. The van der Waals surface area contributed by atoms with Crippen molar-refractivity contribution >= 4 is 11.9 Å². The lowest BCUT2D eigenvalue weighted by atomic mass is 10.3. The van der Waals surface area contributed by atoms with Gasteiger partial charge in [0.1, 0.15) is 0 Å². The number of aliphatic hydroxyl groups is 1. The van der Waals surface area contributed by atoms with E-state index in [-0.39, 0.29) is 13.1 Å². The Morgan fingerprint density at radius 1 is 0.955 bits per heavy atom. The van der Waals surface area contributed by atoms with Crippen molar-refractivity contribution in [2.75, 3.05) is 26.3 Å². The van der Waals surface area contributed by atoms with Gasteiger partial charge < -0.3 is 25.2 Å². The Labute approximate surface area is 131 Å². The van der Waals surface area contributed by atoms with Gasteiger partial charge >= 0.3 is 11.9 Å². The molecular formula is C15H26N2O5. The van der Waals surface area contributed by atoms with Crippen molar-refractivity contribution in [1.29, 1.82) is 0 Å². The first kappa shape index (κ1) is 20.0. The largest absolute Gasteiger partial charge is 0.463 e. The molecule has 0 aliphatic carbocycles. The summed E-state index contributed by atoms with van der Waals surface area (Å²) < 4.78 is 9.55. The highest BCUT2D eigenvalue weighted by Crippen LogP contribution is 1.93. The molecule has 0 bridgehead atoms. The summed E-state index contributed by atoms with van der Waals surface area (Å²) in [5, 5.41) is 15.6. The lowest BCUT2D eigenvalue weighted by molar-refractivity contribution is -0.138. The number of carbonyl (C=O) groups is 2. The minimum atomic E-state index is -0.684. The first-order chi connectivity index (χ1) is 10.4. The molecule has 3 N–H and O–H groups in total. The van der Waals surface area contributed by atoms with Crippen LogP contribution in [0.25, 0.3) is 0 Å². The van der Waals surface area contributed by atoms with E-state index in [1.54, 1.807) is 27.7 Å². The van der Waals surface area contributed by atoms with Gasteiger partial charge in [0.2, 0.25) is 0 Å². The quantitative estimate of drug-likeness (QED) is 0.398. The van der Waals surface area contributed by atoms with Gasteiger partial charge in [-0.3, -0.25) is 0 Å². The van der Waals surface area contributed by atoms with Crippen LogP contribution in [0, 0.1) is 0 Å². The molecule has 0 aromatic rings. The zero-order chi connectivity index (χ0) is 17.0. The van der Waals surface area contributed by atoms with E-state index in [1.807, 2.05) is 0 Å². The van der Waals surface area contributed by atoms with Crippen molar-refractivity contribution in [3.8, 4) is 0 Å². The smallest absolute Gasteiger partial charge is 0.332 e. The van der Waals surface area contributed by atoms with Crippen LogP contribution in [0.3, 0.4) is 0 Å².